The van der Waals surface area contributed by atoms with Crippen LogP contribution in [0.4, 0.5) is 5.69 Å². The molecule has 110 valence electrons. The van der Waals surface area contributed by atoms with Crippen LogP contribution in [0.2, 0.25) is 0 Å². The van der Waals surface area contributed by atoms with Gasteiger partial charge in [0, 0.05) is 37.5 Å². The zero-order valence-electron chi connectivity index (χ0n) is 12.7. The Kier molecular flexibility index (Phi) is 3.99. The molecule has 20 heavy (non-hydrogen) atoms. The molecule has 2 aliphatic rings. The van der Waals surface area contributed by atoms with Gasteiger partial charge in [0.15, 0.2) is 0 Å². The largest absolute Gasteiger partial charge is 0.383 e. The van der Waals surface area contributed by atoms with E-state index in [4.69, 9.17) is 4.74 Å². The summed E-state index contributed by atoms with van der Waals surface area (Å²) in [5.41, 5.74) is 3.11. The maximum atomic E-state index is 5.40. The summed E-state index contributed by atoms with van der Waals surface area (Å²) in [6.45, 7) is 5.15. The van der Waals surface area contributed by atoms with Crippen molar-refractivity contribution in [2.75, 3.05) is 25.2 Å². The number of anilines is 1. The van der Waals surface area contributed by atoms with Gasteiger partial charge in [-0.2, -0.15) is 0 Å². The molecule has 3 nitrogen and oxygen atoms in total. The van der Waals surface area contributed by atoms with Crippen LogP contribution in [0.15, 0.2) is 24.3 Å². The fourth-order valence-electron chi connectivity index (χ4n) is 3.80. The van der Waals surface area contributed by atoms with Crippen molar-refractivity contribution in [3.8, 4) is 0 Å². The Morgan fingerprint density at radius 1 is 1.30 bits per heavy atom. The summed E-state index contributed by atoms with van der Waals surface area (Å²) < 4.78 is 5.40. The zero-order chi connectivity index (χ0) is 14.0. The molecule has 0 radical (unpaired) electrons. The van der Waals surface area contributed by atoms with E-state index in [0.717, 1.165) is 19.7 Å². The van der Waals surface area contributed by atoms with Crippen LogP contribution in [0, 0.1) is 0 Å². The van der Waals surface area contributed by atoms with E-state index in [9.17, 15) is 0 Å². The Bertz CT molecular complexity index is 454. The lowest BCUT2D eigenvalue weighted by molar-refractivity contribution is 0.178. The van der Waals surface area contributed by atoms with Crippen molar-refractivity contribution < 1.29 is 4.74 Å². The average Bonchev–Trinajstić information content (AvgIpc) is 2.85. The number of hydrogen-bond acceptors (Lipinski definition) is 3. The molecule has 1 heterocycles. The fourth-order valence-corrected chi connectivity index (χ4v) is 3.80. The molecular formula is C17H26N2O. The predicted octanol–water partition coefficient (Wildman–Crippen LogP) is 2.94. The quantitative estimate of drug-likeness (QED) is 0.917. The van der Waals surface area contributed by atoms with Crippen molar-refractivity contribution in [2.24, 2.45) is 0 Å². The van der Waals surface area contributed by atoms with E-state index in [-0.39, 0.29) is 0 Å². The number of benzene rings is 1. The number of fused-ring (bicyclic) bond motifs is 1. The Balaban J connectivity index is 1.93. The van der Waals surface area contributed by atoms with E-state index in [2.05, 4.69) is 41.4 Å². The summed E-state index contributed by atoms with van der Waals surface area (Å²) in [4.78, 5) is 2.56. The first-order chi connectivity index (χ1) is 9.74. The van der Waals surface area contributed by atoms with Crippen LogP contribution < -0.4 is 10.2 Å². The molecule has 3 heteroatoms. The number of methoxy groups -OCH3 is 1. The number of nitrogens with one attached hydrogen (secondary N) is 1. The molecule has 0 aromatic heterocycles. The molecule has 1 aliphatic heterocycles. The van der Waals surface area contributed by atoms with E-state index in [1.165, 1.54) is 36.9 Å². The first-order valence-corrected chi connectivity index (χ1v) is 7.83. The number of hydrogen-bond donors (Lipinski definition) is 1. The van der Waals surface area contributed by atoms with Crippen molar-refractivity contribution in [3.63, 3.8) is 0 Å². The maximum absolute atomic E-state index is 5.40. The predicted molar refractivity (Wildman–Crippen MR) is 83.2 cm³/mol. The highest BCUT2D eigenvalue weighted by atomic mass is 16.5. The first-order valence-electron chi connectivity index (χ1n) is 7.83. The minimum atomic E-state index is 0.307. The van der Waals surface area contributed by atoms with Crippen LogP contribution in [0.1, 0.15) is 38.2 Å². The van der Waals surface area contributed by atoms with Crippen molar-refractivity contribution in [1.82, 2.24) is 5.32 Å². The third kappa shape index (κ3) is 2.57. The minimum absolute atomic E-state index is 0.307. The maximum Gasteiger partial charge on any atom is 0.0663 e. The third-order valence-electron chi connectivity index (χ3n) is 4.93. The van der Waals surface area contributed by atoms with Crippen LogP contribution in [0.25, 0.3) is 0 Å². The SMILES string of the molecule is COCC(C)N1CC2(CCCC2)NCc2ccccc21. The lowest BCUT2D eigenvalue weighted by Crippen LogP contribution is -2.52. The molecule has 0 bridgehead atoms. The fraction of sp³-hybridized carbons (Fsp3) is 0.647. The van der Waals surface area contributed by atoms with Gasteiger partial charge in [-0.1, -0.05) is 31.0 Å². The van der Waals surface area contributed by atoms with E-state index in [1.807, 2.05) is 0 Å². The molecule has 1 aliphatic carbocycles. The molecule has 1 atom stereocenters. The Hall–Kier alpha value is -1.06. The Labute approximate surface area is 122 Å². The lowest BCUT2D eigenvalue weighted by Gasteiger charge is -2.38. The Morgan fingerprint density at radius 2 is 2.05 bits per heavy atom. The van der Waals surface area contributed by atoms with Gasteiger partial charge >= 0.3 is 0 Å². The molecule has 1 N–H and O–H groups in total. The molecule has 1 spiro atoms. The summed E-state index contributed by atoms with van der Waals surface area (Å²) in [5, 5.41) is 3.86. The van der Waals surface area contributed by atoms with Gasteiger partial charge in [-0.05, 0) is 31.4 Å². The number of para-hydroxylation sites is 1. The van der Waals surface area contributed by atoms with Gasteiger partial charge < -0.3 is 15.0 Å². The highest BCUT2D eigenvalue weighted by molar-refractivity contribution is 5.56. The summed E-state index contributed by atoms with van der Waals surface area (Å²) >= 11 is 0. The van der Waals surface area contributed by atoms with Gasteiger partial charge in [-0.3, -0.25) is 0 Å². The molecule has 1 aromatic carbocycles. The van der Waals surface area contributed by atoms with Crippen LogP contribution >= 0.6 is 0 Å². The van der Waals surface area contributed by atoms with Gasteiger partial charge in [-0.25, -0.2) is 0 Å². The van der Waals surface area contributed by atoms with Gasteiger partial charge in [0.05, 0.1) is 6.61 Å². The standard InChI is InChI=1S/C17H26N2O/c1-14(12-20-2)19-13-17(9-5-6-10-17)18-11-15-7-3-4-8-16(15)19/h3-4,7-8,14,18H,5-6,9-13H2,1-2H3. The van der Waals surface area contributed by atoms with Gasteiger partial charge in [0.1, 0.15) is 0 Å². The second-order valence-electron chi connectivity index (χ2n) is 6.40. The topological polar surface area (TPSA) is 24.5 Å². The minimum Gasteiger partial charge on any atom is -0.383 e. The molecule has 1 aromatic rings. The number of ether oxygens (including phenoxy) is 1. The number of nitrogens with zero attached hydrogens (tertiary/aromatic N) is 1. The smallest absolute Gasteiger partial charge is 0.0663 e. The van der Waals surface area contributed by atoms with E-state index >= 15 is 0 Å². The van der Waals surface area contributed by atoms with Crippen molar-refractivity contribution in [2.45, 2.75) is 50.7 Å². The molecule has 1 saturated carbocycles. The average molecular weight is 274 g/mol. The monoisotopic (exact) mass is 274 g/mol. The zero-order valence-corrected chi connectivity index (χ0v) is 12.7. The molecule has 0 amide bonds. The molecule has 0 saturated heterocycles. The van der Waals surface area contributed by atoms with Crippen LogP contribution in [0.3, 0.4) is 0 Å². The van der Waals surface area contributed by atoms with Crippen molar-refractivity contribution in [3.05, 3.63) is 29.8 Å². The van der Waals surface area contributed by atoms with Crippen LogP contribution in [-0.4, -0.2) is 31.8 Å². The van der Waals surface area contributed by atoms with E-state index < -0.39 is 0 Å². The summed E-state index contributed by atoms with van der Waals surface area (Å²) in [5.74, 6) is 0. The molecule has 1 fully saturated rings. The molecule has 3 rings (SSSR count). The lowest BCUT2D eigenvalue weighted by atomic mass is 9.96. The summed E-state index contributed by atoms with van der Waals surface area (Å²) in [6.07, 6.45) is 5.32. The van der Waals surface area contributed by atoms with E-state index in [1.54, 1.807) is 7.11 Å². The second kappa shape index (κ2) is 5.74. The van der Waals surface area contributed by atoms with Gasteiger partial charge in [0.2, 0.25) is 0 Å². The third-order valence-corrected chi connectivity index (χ3v) is 4.93. The first kappa shape index (κ1) is 13.9. The van der Waals surface area contributed by atoms with Gasteiger partial charge in [-0.15, -0.1) is 0 Å². The highest BCUT2D eigenvalue weighted by Crippen LogP contribution is 2.36. The van der Waals surface area contributed by atoms with Crippen molar-refractivity contribution in [1.29, 1.82) is 0 Å². The summed E-state index contributed by atoms with van der Waals surface area (Å²) in [7, 11) is 1.80. The van der Waals surface area contributed by atoms with Gasteiger partial charge in [0.25, 0.3) is 0 Å². The molecular weight excluding hydrogens is 248 g/mol. The van der Waals surface area contributed by atoms with E-state index in [0.29, 0.717) is 11.6 Å². The molecule has 1 unspecified atom stereocenters. The van der Waals surface area contributed by atoms with Crippen LogP contribution in [0.5, 0.6) is 0 Å². The second-order valence-corrected chi connectivity index (χ2v) is 6.40. The van der Waals surface area contributed by atoms with Crippen molar-refractivity contribution >= 4 is 5.69 Å². The van der Waals surface area contributed by atoms with Crippen LogP contribution in [-0.2, 0) is 11.3 Å². The normalized spacial score (nSPS) is 22.6. The highest BCUT2D eigenvalue weighted by Gasteiger charge is 2.38. The Morgan fingerprint density at radius 3 is 2.80 bits per heavy atom. The number of rotatable bonds is 3. The summed E-state index contributed by atoms with van der Waals surface area (Å²) in [6, 6.07) is 9.23.